The minimum absolute atomic E-state index is 0.101. The van der Waals surface area contributed by atoms with Gasteiger partial charge in [0.25, 0.3) is 0 Å². The summed E-state index contributed by atoms with van der Waals surface area (Å²) in [7, 11) is 0. The molecule has 1 aliphatic heterocycles. The van der Waals surface area contributed by atoms with Gasteiger partial charge in [-0.3, -0.25) is 4.79 Å². The van der Waals surface area contributed by atoms with Gasteiger partial charge in [0.2, 0.25) is 11.1 Å². The number of carbonyl (C=O) groups is 1. The lowest BCUT2D eigenvalue weighted by Gasteiger charge is -2.35. The van der Waals surface area contributed by atoms with Crippen LogP contribution in [0.4, 0.5) is 5.82 Å². The fourth-order valence-electron chi connectivity index (χ4n) is 4.17. The van der Waals surface area contributed by atoms with Crippen LogP contribution in [0.1, 0.15) is 19.9 Å². The number of amides is 1. The number of thioether (sulfide) groups is 1. The van der Waals surface area contributed by atoms with Gasteiger partial charge in [0.1, 0.15) is 11.3 Å². The molecular formula is C23H25N7OS. The number of pyridine rings is 1. The number of nitrogens with zero attached hydrogens (tertiary/aromatic N) is 7. The number of aromatic nitrogens is 5. The molecule has 32 heavy (non-hydrogen) atoms. The van der Waals surface area contributed by atoms with Crippen molar-refractivity contribution in [2.45, 2.75) is 25.0 Å². The largest absolute Gasteiger partial charge is 0.353 e. The Morgan fingerprint density at radius 2 is 1.81 bits per heavy atom. The molecule has 3 aromatic heterocycles. The minimum Gasteiger partial charge on any atom is -0.353 e. The molecule has 9 heteroatoms. The van der Waals surface area contributed by atoms with Crippen molar-refractivity contribution in [1.29, 1.82) is 0 Å². The van der Waals surface area contributed by atoms with E-state index in [0.717, 1.165) is 41.0 Å². The van der Waals surface area contributed by atoms with Crippen molar-refractivity contribution in [3.05, 3.63) is 48.7 Å². The van der Waals surface area contributed by atoms with Crippen molar-refractivity contribution in [3.63, 3.8) is 0 Å². The van der Waals surface area contributed by atoms with Crippen LogP contribution in [-0.2, 0) is 4.79 Å². The quantitative estimate of drug-likeness (QED) is 0.434. The molecule has 4 heterocycles. The SMILES string of the molecule is CC(C)n1c2ccccc2c2nnc(SCC(=O)N3CCN(c4ccccn4)CC3)nc21. The highest BCUT2D eigenvalue weighted by Gasteiger charge is 2.23. The van der Waals surface area contributed by atoms with Crippen molar-refractivity contribution >= 4 is 45.6 Å². The fourth-order valence-corrected chi connectivity index (χ4v) is 4.86. The summed E-state index contributed by atoms with van der Waals surface area (Å²) in [5.41, 5.74) is 2.72. The third kappa shape index (κ3) is 3.88. The summed E-state index contributed by atoms with van der Waals surface area (Å²) in [5, 5.41) is 10.3. The number of rotatable bonds is 5. The minimum atomic E-state index is 0.101. The van der Waals surface area contributed by atoms with E-state index in [4.69, 9.17) is 4.98 Å². The number of hydrogen-bond acceptors (Lipinski definition) is 7. The predicted molar refractivity (Wildman–Crippen MR) is 127 cm³/mol. The Labute approximate surface area is 190 Å². The van der Waals surface area contributed by atoms with Crippen molar-refractivity contribution in [1.82, 2.24) is 29.6 Å². The van der Waals surface area contributed by atoms with Crippen molar-refractivity contribution in [2.75, 3.05) is 36.8 Å². The first-order chi connectivity index (χ1) is 15.6. The van der Waals surface area contributed by atoms with Crippen molar-refractivity contribution < 1.29 is 4.79 Å². The van der Waals surface area contributed by atoms with Gasteiger partial charge in [-0.1, -0.05) is 36.0 Å². The molecule has 1 aromatic carbocycles. The van der Waals surface area contributed by atoms with Crippen LogP contribution in [0.25, 0.3) is 22.1 Å². The van der Waals surface area contributed by atoms with Gasteiger partial charge in [0, 0.05) is 43.8 Å². The zero-order valence-electron chi connectivity index (χ0n) is 18.2. The molecule has 1 fully saturated rings. The third-order valence-electron chi connectivity index (χ3n) is 5.74. The molecule has 0 spiro atoms. The van der Waals surface area contributed by atoms with Crippen LogP contribution >= 0.6 is 11.8 Å². The van der Waals surface area contributed by atoms with Crippen LogP contribution in [0.5, 0.6) is 0 Å². The van der Waals surface area contributed by atoms with E-state index >= 15 is 0 Å². The zero-order chi connectivity index (χ0) is 22.1. The van der Waals surface area contributed by atoms with E-state index in [0.29, 0.717) is 24.0 Å². The van der Waals surface area contributed by atoms with E-state index in [1.807, 2.05) is 41.3 Å². The van der Waals surface area contributed by atoms with Gasteiger partial charge in [-0.2, -0.15) is 0 Å². The number of benzene rings is 1. The number of carbonyl (C=O) groups excluding carboxylic acids is 1. The maximum Gasteiger partial charge on any atom is 0.233 e. The lowest BCUT2D eigenvalue weighted by molar-refractivity contribution is -0.128. The predicted octanol–water partition coefficient (Wildman–Crippen LogP) is 3.40. The summed E-state index contributed by atoms with van der Waals surface area (Å²) in [6, 6.07) is 14.3. The molecule has 5 rings (SSSR count). The highest BCUT2D eigenvalue weighted by atomic mass is 32.2. The first kappa shape index (κ1) is 20.7. The topological polar surface area (TPSA) is 80.0 Å². The normalized spacial score (nSPS) is 14.6. The van der Waals surface area contributed by atoms with E-state index in [2.05, 4.69) is 44.6 Å². The number of piperazine rings is 1. The Morgan fingerprint density at radius 1 is 1.03 bits per heavy atom. The molecule has 0 aliphatic carbocycles. The highest BCUT2D eigenvalue weighted by Crippen LogP contribution is 2.30. The maximum absolute atomic E-state index is 12.8. The summed E-state index contributed by atoms with van der Waals surface area (Å²) in [5.74, 6) is 1.37. The average Bonchev–Trinajstić information content (AvgIpc) is 3.17. The molecule has 1 saturated heterocycles. The van der Waals surface area contributed by atoms with Crippen molar-refractivity contribution in [2.24, 2.45) is 0 Å². The Hall–Kier alpha value is -3.20. The molecule has 0 unspecified atom stereocenters. The highest BCUT2D eigenvalue weighted by molar-refractivity contribution is 7.99. The van der Waals surface area contributed by atoms with Gasteiger partial charge >= 0.3 is 0 Å². The Bertz CT molecular complexity index is 1250. The average molecular weight is 448 g/mol. The van der Waals surface area contributed by atoms with Gasteiger partial charge in [-0.25, -0.2) is 9.97 Å². The van der Waals surface area contributed by atoms with E-state index in [9.17, 15) is 4.79 Å². The summed E-state index contributed by atoms with van der Waals surface area (Å²) in [4.78, 5) is 26.1. The van der Waals surface area contributed by atoms with E-state index in [1.165, 1.54) is 11.8 Å². The summed E-state index contributed by atoms with van der Waals surface area (Å²) >= 11 is 1.35. The maximum atomic E-state index is 12.8. The second-order valence-corrected chi connectivity index (χ2v) is 9.03. The van der Waals surface area contributed by atoms with Crippen molar-refractivity contribution in [3.8, 4) is 0 Å². The van der Waals surface area contributed by atoms with Gasteiger partial charge in [0.05, 0.1) is 11.3 Å². The molecule has 1 amide bonds. The van der Waals surface area contributed by atoms with Gasteiger partial charge < -0.3 is 14.4 Å². The molecular weight excluding hydrogens is 422 g/mol. The van der Waals surface area contributed by atoms with E-state index < -0.39 is 0 Å². The zero-order valence-corrected chi connectivity index (χ0v) is 19.0. The number of para-hydroxylation sites is 1. The van der Waals surface area contributed by atoms with Crippen LogP contribution in [0.15, 0.2) is 53.8 Å². The molecule has 4 aromatic rings. The van der Waals surface area contributed by atoms with Gasteiger partial charge in [-0.05, 0) is 32.0 Å². The second-order valence-electron chi connectivity index (χ2n) is 8.09. The molecule has 0 saturated carbocycles. The Morgan fingerprint density at radius 3 is 2.56 bits per heavy atom. The Balaban J connectivity index is 1.27. The summed E-state index contributed by atoms with van der Waals surface area (Å²) in [6.07, 6.45) is 1.80. The second kappa shape index (κ2) is 8.74. The summed E-state index contributed by atoms with van der Waals surface area (Å²) < 4.78 is 2.18. The number of hydrogen-bond donors (Lipinski definition) is 0. The summed E-state index contributed by atoms with van der Waals surface area (Å²) in [6.45, 7) is 7.22. The Kier molecular flexibility index (Phi) is 5.65. The monoisotopic (exact) mass is 447 g/mol. The molecule has 0 atom stereocenters. The van der Waals surface area contributed by atoms with Crippen LogP contribution in [-0.4, -0.2) is 67.5 Å². The van der Waals surface area contributed by atoms with Gasteiger partial charge in [-0.15, -0.1) is 10.2 Å². The van der Waals surface area contributed by atoms with Crippen LogP contribution in [0, 0.1) is 0 Å². The smallest absolute Gasteiger partial charge is 0.233 e. The molecule has 1 aliphatic rings. The first-order valence-corrected chi connectivity index (χ1v) is 11.8. The standard InChI is InChI=1S/C23H25N7OS/c1-16(2)30-18-8-4-3-7-17(18)21-22(30)25-23(27-26-21)32-15-20(31)29-13-11-28(12-14-29)19-9-5-6-10-24-19/h3-10,16H,11-15H2,1-2H3. The van der Waals surface area contributed by atoms with Gasteiger partial charge in [0.15, 0.2) is 5.65 Å². The number of fused-ring (bicyclic) bond motifs is 3. The molecule has 0 N–H and O–H groups in total. The molecule has 8 nitrogen and oxygen atoms in total. The molecule has 164 valence electrons. The first-order valence-electron chi connectivity index (χ1n) is 10.8. The fraction of sp³-hybridized carbons (Fsp3) is 0.348. The lowest BCUT2D eigenvalue weighted by Crippen LogP contribution is -2.49. The van der Waals surface area contributed by atoms with E-state index in [1.54, 1.807) is 6.20 Å². The van der Waals surface area contributed by atoms with Crippen LogP contribution in [0.3, 0.4) is 0 Å². The van der Waals surface area contributed by atoms with Crippen LogP contribution < -0.4 is 4.90 Å². The third-order valence-corrected chi connectivity index (χ3v) is 6.57. The van der Waals surface area contributed by atoms with E-state index in [-0.39, 0.29) is 11.9 Å². The molecule has 0 bridgehead atoms. The lowest BCUT2D eigenvalue weighted by atomic mass is 10.2. The molecule has 0 radical (unpaired) electrons. The number of anilines is 1. The van der Waals surface area contributed by atoms with Crippen LogP contribution in [0.2, 0.25) is 0 Å².